The number of ether oxygens (including phenoxy) is 1. The van der Waals surface area contributed by atoms with E-state index in [4.69, 9.17) is 10.6 Å². The first kappa shape index (κ1) is 9.52. The number of hydrogen-bond donors (Lipinski definition) is 1. The molecule has 1 aliphatic heterocycles. The molecule has 0 atom stereocenters. The Morgan fingerprint density at radius 2 is 1.58 bits per heavy atom. The fourth-order valence-electron chi connectivity index (χ4n) is 1.96. The summed E-state index contributed by atoms with van der Waals surface area (Å²) in [7, 11) is 0. The Morgan fingerprint density at radius 1 is 1.17 bits per heavy atom. The van der Waals surface area contributed by atoms with Gasteiger partial charge in [-0.25, -0.2) is 0 Å². The summed E-state index contributed by atoms with van der Waals surface area (Å²) in [6.45, 7) is 9.87. The van der Waals surface area contributed by atoms with Gasteiger partial charge in [-0.15, -0.1) is 0 Å². The molecule has 0 aliphatic carbocycles. The summed E-state index contributed by atoms with van der Waals surface area (Å²) in [4.78, 5) is 0. The van der Waals surface area contributed by atoms with Crippen LogP contribution >= 0.6 is 0 Å². The standard InChI is InChI=1S/C9H18N2O/c1-8(2)5-12-6-9(3,4)7(8)11-10/h5-6,10H2,1-4H3. The van der Waals surface area contributed by atoms with Crippen molar-refractivity contribution < 1.29 is 4.74 Å². The van der Waals surface area contributed by atoms with E-state index >= 15 is 0 Å². The number of nitrogens with zero attached hydrogens (tertiary/aromatic N) is 1. The van der Waals surface area contributed by atoms with Gasteiger partial charge in [-0.3, -0.25) is 0 Å². The highest BCUT2D eigenvalue weighted by Gasteiger charge is 2.41. The highest BCUT2D eigenvalue weighted by atomic mass is 16.5. The van der Waals surface area contributed by atoms with Crippen LogP contribution in [0, 0.1) is 10.8 Å². The Kier molecular flexibility index (Phi) is 2.17. The van der Waals surface area contributed by atoms with E-state index in [0.29, 0.717) is 13.2 Å². The molecular formula is C9H18N2O. The van der Waals surface area contributed by atoms with Crippen LogP contribution in [-0.2, 0) is 4.74 Å². The minimum atomic E-state index is -0.0174. The van der Waals surface area contributed by atoms with Crippen molar-refractivity contribution in [1.82, 2.24) is 0 Å². The van der Waals surface area contributed by atoms with Gasteiger partial charge in [0.25, 0.3) is 0 Å². The van der Waals surface area contributed by atoms with Gasteiger partial charge in [-0.2, -0.15) is 5.10 Å². The first-order valence-corrected chi connectivity index (χ1v) is 4.27. The van der Waals surface area contributed by atoms with E-state index in [9.17, 15) is 0 Å². The van der Waals surface area contributed by atoms with Crippen molar-refractivity contribution in [2.75, 3.05) is 13.2 Å². The summed E-state index contributed by atoms with van der Waals surface area (Å²) in [6, 6.07) is 0. The van der Waals surface area contributed by atoms with Gasteiger partial charge in [0.05, 0.1) is 18.9 Å². The van der Waals surface area contributed by atoms with Crippen molar-refractivity contribution in [1.29, 1.82) is 0 Å². The van der Waals surface area contributed by atoms with Crippen molar-refractivity contribution in [3.63, 3.8) is 0 Å². The summed E-state index contributed by atoms with van der Waals surface area (Å²) in [6.07, 6.45) is 0. The Balaban J connectivity index is 2.98. The molecule has 0 amide bonds. The minimum absolute atomic E-state index is 0.0174. The third kappa shape index (κ3) is 1.46. The van der Waals surface area contributed by atoms with E-state index in [-0.39, 0.29) is 10.8 Å². The van der Waals surface area contributed by atoms with Crippen LogP contribution in [0.2, 0.25) is 0 Å². The van der Waals surface area contributed by atoms with Gasteiger partial charge in [0, 0.05) is 10.8 Å². The topological polar surface area (TPSA) is 47.6 Å². The third-order valence-electron chi connectivity index (χ3n) is 2.34. The molecule has 1 aliphatic rings. The van der Waals surface area contributed by atoms with Crippen molar-refractivity contribution in [3.05, 3.63) is 0 Å². The van der Waals surface area contributed by atoms with Crippen LogP contribution in [0.5, 0.6) is 0 Å². The van der Waals surface area contributed by atoms with Crippen molar-refractivity contribution in [2.24, 2.45) is 21.8 Å². The second kappa shape index (κ2) is 2.73. The number of hydrazone groups is 1. The molecule has 2 N–H and O–H groups in total. The van der Waals surface area contributed by atoms with E-state index < -0.39 is 0 Å². The average molecular weight is 170 g/mol. The molecule has 1 rings (SSSR count). The van der Waals surface area contributed by atoms with Crippen LogP contribution in [0.1, 0.15) is 27.7 Å². The van der Waals surface area contributed by atoms with Crippen LogP contribution < -0.4 is 5.84 Å². The maximum atomic E-state index is 5.50. The molecule has 0 unspecified atom stereocenters. The molecule has 0 aromatic carbocycles. The molecule has 1 heterocycles. The molecule has 0 bridgehead atoms. The first-order valence-electron chi connectivity index (χ1n) is 4.27. The molecule has 12 heavy (non-hydrogen) atoms. The Morgan fingerprint density at radius 3 is 1.83 bits per heavy atom. The van der Waals surface area contributed by atoms with Gasteiger partial charge in [0.1, 0.15) is 0 Å². The monoisotopic (exact) mass is 170 g/mol. The molecule has 70 valence electrons. The predicted octanol–water partition coefficient (Wildman–Crippen LogP) is 1.38. The van der Waals surface area contributed by atoms with Gasteiger partial charge < -0.3 is 10.6 Å². The summed E-state index contributed by atoms with van der Waals surface area (Å²) in [5.41, 5.74) is 1.02. The molecule has 1 saturated heterocycles. The second-order valence-electron chi connectivity index (χ2n) is 4.74. The van der Waals surface area contributed by atoms with Crippen LogP contribution in [0.4, 0.5) is 0 Å². The van der Waals surface area contributed by atoms with E-state index in [0.717, 1.165) is 5.71 Å². The molecule has 0 aromatic heterocycles. The molecule has 3 heteroatoms. The fourth-order valence-corrected chi connectivity index (χ4v) is 1.96. The van der Waals surface area contributed by atoms with Crippen molar-refractivity contribution >= 4 is 5.71 Å². The number of nitrogens with two attached hydrogens (primary N) is 1. The highest BCUT2D eigenvalue weighted by Crippen LogP contribution is 2.35. The van der Waals surface area contributed by atoms with Gasteiger partial charge in [0.2, 0.25) is 0 Å². The summed E-state index contributed by atoms with van der Waals surface area (Å²) < 4.78 is 5.50. The molecule has 0 saturated carbocycles. The van der Waals surface area contributed by atoms with Crippen LogP contribution in [0.3, 0.4) is 0 Å². The van der Waals surface area contributed by atoms with E-state index in [1.54, 1.807) is 0 Å². The van der Waals surface area contributed by atoms with Gasteiger partial charge in [0.15, 0.2) is 0 Å². The lowest BCUT2D eigenvalue weighted by Crippen LogP contribution is -2.48. The van der Waals surface area contributed by atoms with Crippen LogP contribution in [-0.4, -0.2) is 18.9 Å². The minimum Gasteiger partial charge on any atom is -0.380 e. The smallest absolute Gasteiger partial charge is 0.0570 e. The Hall–Kier alpha value is -0.570. The zero-order chi connectivity index (χ0) is 9.41. The third-order valence-corrected chi connectivity index (χ3v) is 2.34. The van der Waals surface area contributed by atoms with Crippen LogP contribution in [0.25, 0.3) is 0 Å². The maximum Gasteiger partial charge on any atom is 0.0570 e. The molecular weight excluding hydrogens is 152 g/mol. The largest absolute Gasteiger partial charge is 0.380 e. The lowest BCUT2D eigenvalue weighted by atomic mass is 9.72. The van der Waals surface area contributed by atoms with E-state index in [2.05, 4.69) is 32.8 Å². The summed E-state index contributed by atoms with van der Waals surface area (Å²) in [5, 5.41) is 3.89. The highest BCUT2D eigenvalue weighted by molar-refractivity contribution is 5.94. The maximum absolute atomic E-state index is 5.50. The first-order chi connectivity index (χ1) is 5.40. The zero-order valence-electron chi connectivity index (χ0n) is 8.35. The van der Waals surface area contributed by atoms with E-state index in [1.165, 1.54) is 0 Å². The predicted molar refractivity (Wildman–Crippen MR) is 50.0 cm³/mol. The van der Waals surface area contributed by atoms with Gasteiger partial charge in [-0.05, 0) is 0 Å². The summed E-state index contributed by atoms with van der Waals surface area (Å²) in [5.74, 6) is 5.39. The summed E-state index contributed by atoms with van der Waals surface area (Å²) >= 11 is 0. The van der Waals surface area contributed by atoms with Gasteiger partial charge in [-0.1, -0.05) is 27.7 Å². The molecule has 1 fully saturated rings. The fraction of sp³-hybridized carbons (Fsp3) is 0.889. The van der Waals surface area contributed by atoms with Crippen molar-refractivity contribution in [3.8, 4) is 0 Å². The lowest BCUT2D eigenvalue weighted by Gasteiger charge is -2.41. The Bertz CT molecular complexity index is 189. The van der Waals surface area contributed by atoms with Gasteiger partial charge >= 0.3 is 0 Å². The Labute approximate surface area is 74.0 Å². The second-order valence-corrected chi connectivity index (χ2v) is 4.74. The number of hydrogen-bond acceptors (Lipinski definition) is 3. The molecule has 0 spiro atoms. The van der Waals surface area contributed by atoms with E-state index in [1.807, 2.05) is 0 Å². The SMILES string of the molecule is CC1(C)COCC(C)(C)C1=NN. The normalized spacial score (nSPS) is 26.8. The average Bonchev–Trinajstić information content (AvgIpc) is 1.83. The quantitative estimate of drug-likeness (QED) is 0.441. The van der Waals surface area contributed by atoms with Crippen molar-refractivity contribution in [2.45, 2.75) is 27.7 Å². The zero-order valence-corrected chi connectivity index (χ0v) is 8.35. The molecule has 0 radical (unpaired) electrons. The molecule has 3 nitrogen and oxygen atoms in total. The molecule has 0 aromatic rings. The number of rotatable bonds is 0. The lowest BCUT2D eigenvalue weighted by molar-refractivity contribution is 0.0238. The van der Waals surface area contributed by atoms with Crippen LogP contribution in [0.15, 0.2) is 5.10 Å².